The van der Waals surface area contributed by atoms with Gasteiger partial charge in [0.2, 0.25) is 5.91 Å². The Morgan fingerprint density at radius 2 is 2.17 bits per heavy atom. The minimum absolute atomic E-state index is 0.138. The van der Waals surface area contributed by atoms with Crippen LogP contribution in [0.3, 0.4) is 0 Å². The maximum Gasteiger partial charge on any atom is 0.225 e. The van der Waals surface area contributed by atoms with E-state index in [0.717, 1.165) is 31.5 Å². The van der Waals surface area contributed by atoms with E-state index < -0.39 is 0 Å². The average Bonchev–Trinajstić information content (AvgIpc) is 3.22. The Morgan fingerprint density at radius 3 is 2.88 bits per heavy atom. The minimum atomic E-state index is -0.336. The molecule has 3 rings (SSSR count). The highest BCUT2D eigenvalue weighted by Gasteiger charge is 2.26. The first-order chi connectivity index (χ1) is 11.6. The highest BCUT2D eigenvalue weighted by Crippen LogP contribution is 2.27. The lowest BCUT2D eigenvalue weighted by atomic mass is 10.1. The molecule has 1 aromatic carbocycles. The van der Waals surface area contributed by atoms with Crippen molar-refractivity contribution in [2.75, 3.05) is 7.05 Å². The molecule has 4 nitrogen and oxygen atoms in total. The van der Waals surface area contributed by atoms with Crippen LogP contribution in [0.1, 0.15) is 37.1 Å². The molecule has 24 heavy (non-hydrogen) atoms. The van der Waals surface area contributed by atoms with E-state index in [-0.39, 0.29) is 17.6 Å². The Bertz CT molecular complexity index is 705. The van der Waals surface area contributed by atoms with Crippen LogP contribution < -0.4 is 0 Å². The Hall–Kier alpha value is -1.88. The van der Waals surface area contributed by atoms with Gasteiger partial charge in [0.25, 0.3) is 0 Å². The van der Waals surface area contributed by atoms with Crippen molar-refractivity contribution in [3.63, 3.8) is 0 Å². The molecule has 0 unspecified atom stereocenters. The van der Waals surface area contributed by atoms with Crippen molar-refractivity contribution in [3.8, 4) is 0 Å². The maximum atomic E-state index is 14.0. The Labute approximate surface area is 146 Å². The van der Waals surface area contributed by atoms with Crippen molar-refractivity contribution < 1.29 is 9.18 Å². The van der Waals surface area contributed by atoms with Gasteiger partial charge in [0, 0.05) is 35.9 Å². The molecule has 0 atom stereocenters. The molecule has 1 heterocycles. The number of hydrogen-bond donors (Lipinski definition) is 0. The molecule has 128 valence electrons. The molecule has 1 saturated carbocycles. The SMILES string of the molecule is CN(Cc1nccn1Cc1c(F)cccc1Cl)C(=O)C1CCCC1. The number of nitrogens with zero attached hydrogens (tertiary/aromatic N) is 3. The van der Waals surface area contributed by atoms with Crippen LogP contribution in [0.5, 0.6) is 0 Å². The molecule has 1 fully saturated rings. The zero-order valence-electron chi connectivity index (χ0n) is 13.7. The summed E-state index contributed by atoms with van der Waals surface area (Å²) in [6, 6.07) is 4.66. The molecule has 1 aromatic heterocycles. The molecule has 0 radical (unpaired) electrons. The maximum absolute atomic E-state index is 14.0. The lowest BCUT2D eigenvalue weighted by Gasteiger charge is -2.21. The van der Waals surface area contributed by atoms with Crippen LogP contribution in [0.25, 0.3) is 0 Å². The van der Waals surface area contributed by atoms with Gasteiger partial charge in [-0.3, -0.25) is 4.79 Å². The quantitative estimate of drug-likeness (QED) is 0.821. The highest BCUT2D eigenvalue weighted by atomic mass is 35.5. The largest absolute Gasteiger partial charge is 0.338 e. The van der Waals surface area contributed by atoms with Crippen LogP contribution >= 0.6 is 11.6 Å². The first kappa shape index (κ1) is 17.0. The van der Waals surface area contributed by atoms with E-state index in [4.69, 9.17) is 11.6 Å². The van der Waals surface area contributed by atoms with Crippen LogP contribution in [-0.4, -0.2) is 27.4 Å². The number of halogens is 2. The predicted octanol–water partition coefficient (Wildman–Crippen LogP) is 3.87. The molecular formula is C18H21ClFN3O. The topological polar surface area (TPSA) is 38.1 Å². The fourth-order valence-electron chi connectivity index (χ4n) is 3.26. The molecule has 0 bridgehead atoms. The van der Waals surface area contributed by atoms with Gasteiger partial charge in [-0.2, -0.15) is 0 Å². The van der Waals surface area contributed by atoms with Gasteiger partial charge in [0.1, 0.15) is 11.6 Å². The number of amides is 1. The van der Waals surface area contributed by atoms with Crippen LogP contribution in [0.4, 0.5) is 4.39 Å². The molecule has 1 aliphatic rings. The zero-order chi connectivity index (χ0) is 17.1. The lowest BCUT2D eigenvalue weighted by Crippen LogP contribution is -2.32. The smallest absolute Gasteiger partial charge is 0.225 e. The molecular weight excluding hydrogens is 329 g/mol. The summed E-state index contributed by atoms with van der Waals surface area (Å²) in [7, 11) is 1.80. The summed E-state index contributed by atoms with van der Waals surface area (Å²) in [5.41, 5.74) is 0.434. The average molecular weight is 350 g/mol. The number of aromatic nitrogens is 2. The first-order valence-corrected chi connectivity index (χ1v) is 8.62. The molecule has 0 saturated heterocycles. The van der Waals surface area contributed by atoms with E-state index in [1.807, 2.05) is 4.57 Å². The monoisotopic (exact) mass is 349 g/mol. The van der Waals surface area contributed by atoms with Crippen LogP contribution in [0.2, 0.25) is 5.02 Å². The summed E-state index contributed by atoms with van der Waals surface area (Å²) >= 11 is 6.10. The van der Waals surface area contributed by atoms with Crippen molar-refractivity contribution in [1.82, 2.24) is 14.5 Å². The number of imidazole rings is 1. The molecule has 1 aliphatic carbocycles. The lowest BCUT2D eigenvalue weighted by molar-refractivity contribution is -0.134. The van der Waals surface area contributed by atoms with Crippen molar-refractivity contribution in [2.45, 2.75) is 38.8 Å². The van der Waals surface area contributed by atoms with E-state index in [2.05, 4.69) is 4.98 Å². The van der Waals surface area contributed by atoms with Gasteiger partial charge >= 0.3 is 0 Å². The summed E-state index contributed by atoms with van der Waals surface area (Å²) in [6.45, 7) is 0.709. The number of hydrogen-bond acceptors (Lipinski definition) is 2. The molecule has 6 heteroatoms. The fraction of sp³-hybridized carbons (Fsp3) is 0.444. The van der Waals surface area contributed by atoms with Gasteiger partial charge in [0.05, 0.1) is 13.1 Å². The number of carbonyl (C=O) groups is 1. The highest BCUT2D eigenvalue weighted by molar-refractivity contribution is 6.31. The Balaban J connectivity index is 1.72. The van der Waals surface area contributed by atoms with Crippen LogP contribution in [-0.2, 0) is 17.9 Å². The molecule has 0 spiro atoms. The van der Waals surface area contributed by atoms with Crippen LogP contribution in [0.15, 0.2) is 30.6 Å². The molecule has 1 amide bonds. The minimum Gasteiger partial charge on any atom is -0.338 e. The first-order valence-electron chi connectivity index (χ1n) is 8.24. The van der Waals surface area contributed by atoms with Gasteiger partial charge in [-0.1, -0.05) is 30.5 Å². The second-order valence-electron chi connectivity index (χ2n) is 6.35. The van der Waals surface area contributed by atoms with Gasteiger partial charge < -0.3 is 9.47 Å². The van der Waals surface area contributed by atoms with Crippen molar-refractivity contribution in [2.24, 2.45) is 5.92 Å². The van der Waals surface area contributed by atoms with Crippen molar-refractivity contribution in [1.29, 1.82) is 0 Å². The standard InChI is InChI=1S/C18H21ClFN3O/c1-22(18(24)13-5-2-3-6-13)12-17-21-9-10-23(17)11-14-15(19)7-4-8-16(14)20/h4,7-10,13H,2-3,5-6,11-12H2,1H3. The Morgan fingerprint density at radius 1 is 1.42 bits per heavy atom. The van der Waals surface area contributed by atoms with Gasteiger partial charge in [-0.25, -0.2) is 9.37 Å². The van der Waals surface area contributed by atoms with Gasteiger partial charge in [-0.15, -0.1) is 0 Å². The van der Waals surface area contributed by atoms with E-state index in [1.165, 1.54) is 6.07 Å². The molecule has 0 aliphatic heterocycles. The Kier molecular flexibility index (Phi) is 5.19. The normalized spacial score (nSPS) is 15.0. The van der Waals surface area contributed by atoms with E-state index in [9.17, 15) is 9.18 Å². The van der Waals surface area contributed by atoms with E-state index in [1.54, 1.807) is 36.5 Å². The fourth-order valence-corrected chi connectivity index (χ4v) is 3.49. The summed E-state index contributed by atoms with van der Waals surface area (Å²) in [5, 5.41) is 0.394. The summed E-state index contributed by atoms with van der Waals surface area (Å²) in [4.78, 5) is 18.5. The third-order valence-corrected chi connectivity index (χ3v) is 5.01. The summed E-state index contributed by atoms with van der Waals surface area (Å²) in [5.74, 6) is 0.700. The third-order valence-electron chi connectivity index (χ3n) is 4.65. The van der Waals surface area contributed by atoms with Gasteiger partial charge in [0.15, 0.2) is 0 Å². The number of benzene rings is 1. The second kappa shape index (κ2) is 7.34. The van der Waals surface area contributed by atoms with Crippen molar-refractivity contribution >= 4 is 17.5 Å². The number of rotatable bonds is 5. The molecule has 0 N–H and O–H groups in total. The van der Waals surface area contributed by atoms with Crippen LogP contribution in [0, 0.1) is 11.7 Å². The zero-order valence-corrected chi connectivity index (χ0v) is 14.5. The van der Waals surface area contributed by atoms with E-state index >= 15 is 0 Å². The predicted molar refractivity (Wildman–Crippen MR) is 91.2 cm³/mol. The second-order valence-corrected chi connectivity index (χ2v) is 6.75. The van der Waals surface area contributed by atoms with Gasteiger partial charge in [-0.05, 0) is 25.0 Å². The van der Waals surface area contributed by atoms with Crippen molar-refractivity contribution in [3.05, 3.63) is 52.8 Å². The summed E-state index contributed by atoms with van der Waals surface area (Å²) in [6.07, 6.45) is 7.66. The number of carbonyl (C=O) groups excluding carboxylic acids is 1. The summed E-state index contributed by atoms with van der Waals surface area (Å²) < 4.78 is 15.8. The third kappa shape index (κ3) is 3.61. The molecule has 2 aromatic rings. The van der Waals surface area contributed by atoms with E-state index in [0.29, 0.717) is 23.7 Å².